The summed E-state index contributed by atoms with van der Waals surface area (Å²) < 4.78 is 2.12. The predicted octanol–water partition coefficient (Wildman–Crippen LogP) is 4.49. The van der Waals surface area contributed by atoms with Crippen molar-refractivity contribution in [1.82, 2.24) is 4.57 Å². The van der Waals surface area contributed by atoms with Crippen LogP contribution in [0.2, 0.25) is 10.0 Å². The van der Waals surface area contributed by atoms with E-state index >= 15 is 0 Å². The fourth-order valence-corrected chi connectivity index (χ4v) is 2.71. The molecule has 1 heterocycles. The minimum absolute atomic E-state index is 0.0568. The fraction of sp³-hybridized carbons (Fsp3) is 0.125. The van der Waals surface area contributed by atoms with E-state index in [1.54, 1.807) is 6.07 Å². The van der Waals surface area contributed by atoms with Gasteiger partial charge in [-0.3, -0.25) is 0 Å². The van der Waals surface area contributed by atoms with Crippen LogP contribution in [-0.2, 0) is 13.2 Å². The molecule has 4 heteroatoms. The average molecular weight is 306 g/mol. The lowest BCUT2D eigenvalue weighted by molar-refractivity contribution is 0.282. The van der Waals surface area contributed by atoms with Crippen molar-refractivity contribution >= 4 is 34.1 Å². The number of hydrogen-bond donors (Lipinski definition) is 1. The maximum Gasteiger partial charge on any atom is 0.0682 e. The van der Waals surface area contributed by atoms with Crippen molar-refractivity contribution in [1.29, 1.82) is 0 Å². The van der Waals surface area contributed by atoms with Gasteiger partial charge >= 0.3 is 0 Å². The van der Waals surface area contributed by atoms with Gasteiger partial charge in [0, 0.05) is 28.3 Å². The van der Waals surface area contributed by atoms with E-state index in [0.717, 1.165) is 22.0 Å². The highest BCUT2D eigenvalue weighted by atomic mass is 35.5. The van der Waals surface area contributed by atoms with E-state index in [1.165, 1.54) is 0 Å². The van der Waals surface area contributed by atoms with Crippen molar-refractivity contribution in [2.45, 2.75) is 13.2 Å². The molecule has 2 aromatic carbocycles. The molecule has 0 aliphatic rings. The minimum Gasteiger partial charge on any atom is -0.392 e. The normalized spacial score (nSPS) is 11.2. The number of aliphatic hydroxyl groups excluding tert-OH is 1. The first-order valence-electron chi connectivity index (χ1n) is 6.30. The maximum absolute atomic E-state index is 9.17. The quantitative estimate of drug-likeness (QED) is 0.758. The molecular formula is C16H13Cl2NO. The SMILES string of the molecule is OCc1ccc2c(ccn2Cc2cc(Cl)ccc2Cl)c1. The molecule has 2 nitrogen and oxygen atoms in total. The Bertz CT molecular complexity index is 764. The molecule has 0 unspecified atom stereocenters. The zero-order valence-electron chi connectivity index (χ0n) is 10.7. The number of rotatable bonds is 3. The molecule has 0 atom stereocenters. The van der Waals surface area contributed by atoms with Gasteiger partial charge in [-0.15, -0.1) is 0 Å². The largest absolute Gasteiger partial charge is 0.392 e. The number of halogens is 2. The predicted molar refractivity (Wildman–Crippen MR) is 83.4 cm³/mol. The average Bonchev–Trinajstić information content (AvgIpc) is 2.85. The van der Waals surface area contributed by atoms with Gasteiger partial charge in [-0.2, -0.15) is 0 Å². The van der Waals surface area contributed by atoms with Crippen molar-refractivity contribution in [3.63, 3.8) is 0 Å². The van der Waals surface area contributed by atoms with Gasteiger partial charge in [0.2, 0.25) is 0 Å². The third-order valence-electron chi connectivity index (χ3n) is 3.37. The van der Waals surface area contributed by atoms with Crippen LogP contribution in [0.1, 0.15) is 11.1 Å². The second-order valence-electron chi connectivity index (χ2n) is 4.73. The van der Waals surface area contributed by atoms with E-state index in [9.17, 15) is 0 Å². The molecule has 0 radical (unpaired) electrons. The maximum atomic E-state index is 9.17. The summed E-state index contributed by atoms with van der Waals surface area (Å²) in [5.41, 5.74) is 3.01. The van der Waals surface area contributed by atoms with Crippen LogP contribution in [0.3, 0.4) is 0 Å². The van der Waals surface area contributed by atoms with Gasteiger partial charge in [0.15, 0.2) is 0 Å². The lowest BCUT2D eigenvalue weighted by Gasteiger charge is -2.08. The number of fused-ring (bicyclic) bond motifs is 1. The number of benzene rings is 2. The second-order valence-corrected chi connectivity index (χ2v) is 5.57. The third-order valence-corrected chi connectivity index (χ3v) is 3.97. The molecular weight excluding hydrogens is 293 g/mol. The van der Waals surface area contributed by atoms with E-state index in [-0.39, 0.29) is 6.61 Å². The summed E-state index contributed by atoms with van der Waals surface area (Å²) >= 11 is 12.2. The summed E-state index contributed by atoms with van der Waals surface area (Å²) in [4.78, 5) is 0. The second kappa shape index (κ2) is 5.49. The van der Waals surface area contributed by atoms with Crippen LogP contribution in [-0.4, -0.2) is 9.67 Å². The molecule has 0 saturated carbocycles. The summed E-state index contributed by atoms with van der Waals surface area (Å²) in [6, 6.07) is 13.5. The Balaban J connectivity index is 2.00. The monoisotopic (exact) mass is 305 g/mol. The number of aliphatic hydroxyl groups is 1. The Hall–Kier alpha value is -1.48. The van der Waals surface area contributed by atoms with Gasteiger partial charge in [0.25, 0.3) is 0 Å². The highest BCUT2D eigenvalue weighted by molar-refractivity contribution is 6.33. The number of aromatic nitrogens is 1. The van der Waals surface area contributed by atoms with Gasteiger partial charge in [0.05, 0.1) is 6.61 Å². The molecule has 102 valence electrons. The molecule has 3 aromatic rings. The molecule has 0 aliphatic heterocycles. The Morgan fingerprint density at radius 3 is 2.65 bits per heavy atom. The van der Waals surface area contributed by atoms with Crippen molar-refractivity contribution in [2.24, 2.45) is 0 Å². The topological polar surface area (TPSA) is 25.2 Å². The van der Waals surface area contributed by atoms with Crippen molar-refractivity contribution in [2.75, 3.05) is 0 Å². The summed E-state index contributed by atoms with van der Waals surface area (Å²) in [6.45, 7) is 0.725. The first-order valence-corrected chi connectivity index (χ1v) is 7.05. The Kier molecular flexibility index (Phi) is 3.70. The molecule has 0 spiro atoms. The van der Waals surface area contributed by atoms with Crippen molar-refractivity contribution in [3.05, 3.63) is 69.8 Å². The van der Waals surface area contributed by atoms with Crippen molar-refractivity contribution < 1.29 is 5.11 Å². The molecule has 1 N–H and O–H groups in total. The first kappa shape index (κ1) is 13.5. The Labute approximate surface area is 127 Å². The molecule has 1 aromatic heterocycles. The Morgan fingerprint density at radius 1 is 1.00 bits per heavy atom. The summed E-state index contributed by atoms with van der Waals surface area (Å²) in [7, 11) is 0. The number of nitrogens with zero attached hydrogens (tertiary/aromatic N) is 1. The first-order chi connectivity index (χ1) is 9.67. The number of hydrogen-bond acceptors (Lipinski definition) is 1. The minimum atomic E-state index is 0.0568. The smallest absolute Gasteiger partial charge is 0.0682 e. The molecule has 0 aliphatic carbocycles. The van der Waals surface area contributed by atoms with Crippen LogP contribution >= 0.6 is 23.2 Å². The van der Waals surface area contributed by atoms with Gasteiger partial charge < -0.3 is 9.67 Å². The lowest BCUT2D eigenvalue weighted by Crippen LogP contribution is -1.98. The summed E-state index contributed by atoms with van der Waals surface area (Å²) in [5, 5.41) is 11.7. The van der Waals surface area contributed by atoms with Crippen molar-refractivity contribution in [3.8, 4) is 0 Å². The highest BCUT2D eigenvalue weighted by Crippen LogP contribution is 2.24. The van der Waals surface area contributed by atoms with E-state index in [2.05, 4.69) is 4.57 Å². The van der Waals surface area contributed by atoms with E-state index in [1.807, 2.05) is 42.6 Å². The van der Waals surface area contributed by atoms with Crippen LogP contribution < -0.4 is 0 Å². The van der Waals surface area contributed by atoms with Crippen LogP contribution in [0, 0.1) is 0 Å². The lowest BCUT2D eigenvalue weighted by atomic mass is 10.1. The van der Waals surface area contributed by atoms with E-state index < -0.39 is 0 Å². The standard InChI is InChI=1S/C16H13Cl2NO/c17-14-2-3-15(18)13(8-14)9-19-6-5-12-7-11(10-20)1-4-16(12)19/h1-8,20H,9-10H2. The highest BCUT2D eigenvalue weighted by Gasteiger charge is 2.06. The third kappa shape index (κ3) is 2.55. The van der Waals surface area contributed by atoms with Gasteiger partial charge in [-0.05, 0) is 52.9 Å². The zero-order chi connectivity index (χ0) is 14.1. The van der Waals surface area contributed by atoms with Gasteiger partial charge in [-0.25, -0.2) is 0 Å². The molecule has 3 rings (SSSR count). The van der Waals surface area contributed by atoms with E-state index in [0.29, 0.717) is 16.6 Å². The molecule has 20 heavy (non-hydrogen) atoms. The summed E-state index contributed by atoms with van der Waals surface area (Å²) in [6.07, 6.45) is 2.02. The van der Waals surface area contributed by atoms with Gasteiger partial charge in [0.1, 0.15) is 0 Å². The zero-order valence-corrected chi connectivity index (χ0v) is 12.2. The molecule has 0 saturated heterocycles. The van der Waals surface area contributed by atoms with Crippen LogP contribution in [0.4, 0.5) is 0 Å². The van der Waals surface area contributed by atoms with E-state index in [4.69, 9.17) is 28.3 Å². The Morgan fingerprint density at radius 2 is 1.85 bits per heavy atom. The fourth-order valence-electron chi connectivity index (χ4n) is 2.33. The van der Waals surface area contributed by atoms with Crippen LogP contribution in [0.5, 0.6) is 0 Å². The van der Waals surface area contributed by atoms with Crippen LogP contribution in [0.25, 0.3) is 10.9 Å². The summed E-state index contributed by atoms with van der Waals surface area (Å²) in [5.74, 6) is 0. The molecule has 0 fully saturated rings. The van der Waals surface area contributed by atoms with Gasteiger partial charge in [-0.1, -0.05) is 29.3 Å². The molecule has 0 amide bonds. The molecule has 0 bridgehead atoms. The van der Waals surface area contributed by atoms with Crippen LogP contribution in [0.15, 0.2) is 48.7 Å².